The molecule has 1 amide bonds. The fraction of sp³-hybridized carbons (Fsp3) is 0.222. The molecule has 0 atom stereocenters. The first-order valence-electron chi connectivity index (χ1n) is 10.7. The predicted molar refractivity (Wildman–Crippen MR) is 129 cm³/mol. The zero-order valence-electron chi connectivity index (χ0n) is 18.8. The molecule has 3 rings (SSSR count). The third-order valence-electron chi connectivity index (χ3n) is 4.69. The number of para-hydroxylation sites is 1. The Morgan fingerprint density at radius 1 is 0.875 bits per heavy atom. The van der Waals surface area contributed by atoms with Gasteiger partial charge in [-0.1, -0.05) is 42.0 Å². The summed E-state index contributed by atoms with van der Waals surface area (Å²) in [6.07, 6.45) is 3.27. The molecule has 0 radical (unpaired) electrons. The van der Waals surface area contributed by atoms with Gasteiger partial charge in [-0.3, -0.25) is 4.79 Å². The molecule has 0 spiro atoms. The Kier molecular flexibility index (Phi) is 8.32. The van der Waals surface area contributed by atoms with Gasteiger partial charge in [0, 0.05) is 11.8 Å². The van der Waals surface area contributed by atoms with Crippen molar-refractivity contribution in [2.24, 2.45) is 0 Å². The highest BCUT2D eigenvalue weighted by molar-refractivity contribution is 6.02. The summed E-state index contributed by atoms with van der Waals surface area (Å²) in [7, 11) is 0. The van der Waals surface area contributed by atoms with Gasteiger partial charge in [0.05, 0.1) is 6.61 Å². The van der Waals surface area contributed by atoms with E-state index in [2.05, 4.69) is 5.32 Å². The Bertz CT molecular complexity index is 1060. The maximum atomic E-state index is 12.3. The molecular formula is C27H29NO4. The first-order valence-corrected chi connectivity index (χ1v) is 10.7. The molecule has 5 heteroatoms. The maximum Gasteiger partial charge on any atom is 0.248 e. The van der Waals surface area contributed by atoms with Crippen molar-refractivity contribution in [3.05, 3.63) is 89.5 Å². The van der Waals surface area contributed by atoms with Gasteiger partial charge in [0.25, 0.3) is 0 Å². The molecule has 3 aromatic rings. The molecule has 0 heterocycles. The SMILES string of the molecule is CCOc1cc(/C=C/C(=O)Nc2ccc(C)cc2C)ccc1OCCOc1ccccc1. The van der Waals surface area contributed by atoms with E-state index < -0.39 is 0 Å². The van der Waals surface area contributed by atoms with E-state index in [0.717, 1.165) is 28.1 Å². The second-order valence-electron chi connectivity index (χ2n) is 7.29. The number of hydrogen-bond acceptors (Lipinski definition) is 4. The van der Waals surface area contributed by atoms with E-state index in [1.165, 1.54) is 6.08 Å². The number of anilines is 1. The van der Waals surface area contributed by atoms with Gasteiger partial charge < -0.3 is 19.5 Å². The Morgan fingerprint density at radius 3 is 2.41 bits per heavy atom. The van der Waals surface area contributed by atoms with E-state index in [1.54, 1.807) is 6.08 Å². The van der Waals surface area contributed by atoms with Crippen molar-refractivity contribution in [1.29, 1.82) is 0 Å². The van der Waals surface area contributed by atoms with Crippen LogP contribution in [0.1, 0.15) is 23.6 Å². The van der Waals surface area contributed by atoms with Crippen LogP contribution < -0.4 is 19.5 Å². The lowest BCUT2D eigenvalue weighted by Crippen LogP contribution is -2.10. The van der Waals surface area contributed by atoms with Crippen molar-refractivity contribution in [1.82, 2.24) is 0 Å². The van der Waals surface area contributed by atoms with E-state index >= 15 is 0 Å². The second-order valence-corrected chi connectivity index (χ2v) is 7.29. The summed E-state index contributed by atoms with van der Waals surface area (Å²) >= 11 is 0. The van der Waals surface area contributed by atoms with Gasteiger partial charge in [-0.15, -0.1) is 0 Å². The Morgan fingerprint density at radius 2 is 1.66 bits per heavy atom. The molecule has 0 fully saturated rings. The zero-order chi connectivity index (χ0) is 22.8. The Hall–Kier alpha value is -3.73. The number of rotatable bonds is 10. The molecule has 0 aliphatic rings. The largest absolute Gasteiger partial charge is 0.490 e. The molecule has 0 aromatic heterocycles. The highest BCUT2D eigenvalue weighted by Crippen LogP contribution is 2.29. The van der Waals surface area contributed by atoms with Gasteiger partial charge >= 0.3 is 0 Å². The van der Waals surface area contributed by atoms with Crippen LogP contribution in [0.5, 0.6) is 17.2 Å². The van der Waals surface area contributed by atoms with Crippen LogP contribution >= 0.6 is 0 Å². The minimum atomic E-state index is -0.187. The normalized spacial score (nSPS) is 10.7. The van der Waals surface area contributed by atoms with Crippen LogP contribution in [-0.4, -0.2) is 25.7 Å². The third kappa shape index (κ3) is 6.91. The van der Waals surface area contributed by atoms with Gasteiger partial charge in [0.15, 0.2) is 11.5 Å². The van der Waals surface area contributed by atoms with Crippen molar-refractivity contribution in [3.63, 3.8) is 0 Å². The second kappa shape index (κ2) is 11.6. The van der Waals surface area contributed by atoms with Gasteiger partial charge in [0.1, 0.15) is 19.0 Å². The fourth-order valence-electron chi connectivity index (χ4n) is 3.14. The lowest BCUT2D eigenvalue weighted by Gasteiger charge is -2.13. The summed E-state index contributed by atoms with van der Waals surface area (Å²) in [4.78, 5) is 12.3. The average Bonchev–Trinajstić information content (AvgIpc) is 2.79. The smallest absolute Gasteiger partial charge is 0.248 e. The third-order valence-corrected chi connectivity index (χ3v) is 4.69. The quantitative estimate of drug-likeness (QED) is 0.325. The number of nitrogens with one attached hydrogen (secondary N) is 1. The summed E-state index contributed by atoms with van der Waals surface area (Å²) in [6, 6.07) is 21.1. The van der Waals surface area contributed by atoms with Crippen LogP contribution in [0, 0.1) is 13.8 Å². The van der Waals surface area contributed by atoms with Crippen LogP contribution in [0.4, 0.5) is 5.69 Å². The maximum absolute atomic E-state index is 12.3. The molecule has 0 aliphatic carbocycles. The molecule has 0 saturated carbocycles. The van der Waals surface area contributed by atoms with E-state index in [-0.39, 0.29) is 5.91 Å². The molecule has 0 saturated heterocycles. The van der Waals surface area contributed by atoms with Crippen LogP contribution in [-0.2, 0) is 4.79 Å². The van der Waals surface area contributed by atoms with Crippen molar-refractivity contribution < 1.29 is 19.0 Å². The summed E-state index contributed by atoms with van der Waals surface area (Å²) in [5.74, 6) is 1.89. The topological polar surface area (TPSA) is 56.8 Å². The lowest BCUT2D eigenvalue weighted by molar-refractivity contribution is -0.111. The zero-order valence-corrected chi connectivity index (χ0v) is 18.8. The Labute approximate surface area is 189 Å². The first-order chi connectivity index (χ1) is 15.5. The standard InChI is InChI=1S/C27H29NO4/c1-4-30-26-19-22(12-15-27(29)28-24-13-10-20(2)18-21(24)3)11-14-25(26)32-17-16-31-23-8-6-5-7-9-23/h5-15,18-19H,4,16-17H2,1-3H3,(H,28,29)/b15-12+. The summed E-state index contributed by atoms with van der Waals surface area (Å²) < 4.78 is 17.2. The number of hydrogen-bond donors (Lipinski definition) is 1. The van der Waals surface area contributed by atoms with Crippen LogP contribution in [0.15, 0.2) is 72.8 Å². The van der Waals surface area contributed by atoms with Crippen LogP contribution in [0.25, 0.3) is 6.08 Å². The number of ether oxygens (including phenoxy) is 3. The number of carbonyl (C=O) groups excluding carboxylic acids is 1. The van der Waals surface area contributed by atoms with Crippen molar-refractivity contribution in [2.45, 2.75) is 20.8 Å². The van der Waals surface area contributed by atoms with Gasteiger partial charge in [-0.25, -0.2) is 0 Å². The molecule has 0 aliphatic heterocycles. The van der Waals surface area contributed by atoms with Gasteiger partial charge in [-0.05, 0) is 68.3 Å². The van der Waals surface area contributed by atoms with Crippen molar-refractivity contribution in [2.75, 3.05) is 25.1 Å². The summed E-state index contributed by atoms with van der Waals surface area (Å²) in [5, 5.41) is 2.91. The van der Waals surface area contributed by atoms with Gasteiger partial charge in [0.2, 0.25) is 5.91 Å². The van der Waals surface area contributed by atoms with E-state index in [9.17, 15) is 4.79 Å². The first kappa shape index (κ1) is 22.9. The number of amides is 1. The van der Waals surface area contributed by atoms with E-state index in [0.29, 0.717) is 31.3 Å². The van der Waals surface area contributed by atoms with E-state index in [4.69, 9.17) is 14.2 Å². The van der Waals surface area contributed by atoms with Crippen molar-refractivity contribution >= 4 is 17.7 Å². The molecular weight excluding hydrogens is 402 g/mol. The molecule has 1 N–H and O–H groups in total. The molecule has 0 bridgehead atoms. The van der Waals surface area contributed by atoms with Crippen molar-refractivity contribution in [3.8, 4) is 17.2 Å². The average molecular weight is 432 g/mol. The lowest BCUT2D eigenvalue weighted by atomic mass is 10.1. The minimum absolute atomic E-state index is 0.187. The fourth-order valence-corrected chi connectivity index (χ4v) is 3.14. The van der Waals surface area contributed by atoms with Crippen LogP contribution in [0.2, 0.25) is 0 Å². The predicted octanol–water partition coefficient (Wildman–Crippen LogP) is 5.81. The minimum Gasteiger partial charge on any atom is -0.490 e. The molecule has 166 valence electrons. The van der Waals surface area contributed by atoms with E-state index in [1.807, 2.05) is 87.5 Å². The molecule has 0 unspecified atom stereocenters. The number of benzene rings is 3. The molecule has 32 heavy (non-hydrogen) atoms. The monoisotopic (exact) mass is 431 g/mol. The molecule has 5 nitrogen and oxygen atoms in total. The summed E-state index contributed by atoms with van der Waals surface area (Å²) in [5.41, 5.74) is 3.84. The number of carbonyl (C=O) groups is 1. The molecule has 3 aromatic carbocycles. The van der Waals surface area contributed by atoms with Crippen LogP contribution in [0.3, 0.4) is 0 Å². The Balaban J connectivity index is 1.58. The highest BCUT2D eigenvalue weighted by atomic mass is 16.5. The van der Waals surface area contributed by atoms with Gasteiger partial charge in [-0.2, -0.15) is 0 Å². The number of aryl methyl sites for hydroxylation is 2. The summed E-state index contributed by atoms with van der Waals surface area (Å²) in [6.45, 7) is 7.25. The highest BCUT2D eigenvalue weighted by Gasteiger charge is 2.07.